The highest BCUT2D eigenvalue weighted by molar-refractivity contribution is 8.02. The molecule has 0 spiro atoms. The number of hydrogen-bond acceptors (Lipinski definition) is 4. The SMILES string of the molecule is FC(F)C(F)/C=C/Sc1nnnn1-c1ccccc1Cl. The van der Waals surface area contributed by atoms with Gasteiger partial charge >= 0.3 is 0 Å². The molecule has 106 valence electrons. The quantitative estimate of drug-likeness (QED) is 0.791. The van der Waals surface area contributed by atoms with Crippen molar-refractivity contribution in [1.29, 1.82) is 0 Å². The number of alkyl halides is 3. The van der Waals surface area contributed by atoms with Crippen molar-refractivity contribution in [3.05, 3.63) is 40.8 Å². The van der Waals surface area contributed by atoms with Gasteiger partial charge in [-0.3, -0.25) is 0 Å². The summed E-state index contributed by atoms with van der Waals surface area (Å²) in [5.74, 6) is 0. The summed E-state index contributed by atoms with van der Waals surface area (Å²) in [6.45, 7) is 0. The van der Waals surface area contributed by atoms with Crippen molar-refractivity contribution in [2.75, 3.05) is 0 Å². The molecule has 0 radical (unpaired) electrons. The lowest BCUT2D eigenvalue weighted by Crippen LogP contribution is -2.07. The molecular formula is C11H8ClF3N4S. The van der Waals surface area contributed by atoms with Gasteiger partial charge in [0.2, 0.25) is 5.16 Å². The summed E-state index contributed by atoms with van der Waals surface area (Å²) in [7, 11) is 0. The third-order valence-electron chi connectivity index (χ3n) is 2.20. The van der Waals surface area contributed by atoms with Crippen LogP contribution in [0.3, 0.4) is 0 Å². The number of allylic oxidation sites excluding steroid dienone is 1. The monoisotopic (exact) mass is 320 g/mol. The lowest BCUT2D eigenvalue weighted by atomic mass is 10.3. The third kappa shape index (κ3) is 3.51. The molecule has 0 bridgehead atoms. The Labute approximate surface area is 121 Å². The number of thioether (sulfide) groups is 1. The molecule has 1 aromatic carbocycles. The van der Waals surface area contributed by atoms with Crippen LogP contribution in [0.25, 0.3) is 5.69 Å². The molecule has 1 heterocycles. The number of benzene rings is 1. The number of halogens is 4. The van der Waals surface area contributed by atoms with Gasteiger partial charge in [0.05, 0.1) is 10.7 Å². The molecular weight excluding hydrogens is 313 g/mol. The van der Waals surface area contributed by atoms with Gasteiger partial charge in [-0.2, -0.15) is 4.68 Å². The molecule has 0 N–H and O–H groups in total. The van der Waals surface area contributed by atoms with Crippen molar-refractivity contribution in [2.24, 2.45) is 0 Å². The first kappa shape index (κ1) is 14.9. The molecule has 0 amide bonds. The molecule has 1 unspecified atom stereocenters. The molecule has 0 aliphatic carbocycles. The second-order valence-electron chi connectivity index (χ2n) is 3.55. The normalized spacial score (nSPS) is 13.2. The topological polar surface area (TPSA) is 43.6 Å². The van der Waals surface area contributed by atoms with Crippen molar-refractivity contribution in [1.82, 2.24) is 20.2 Å². The van der Waals surface area contributed by atoms with E-state index in [1.807, 2.05) is 0 Å². The highest BCUT2D eigenvalue weighted by Crippen LogP contribution is 2.24. The second-order valence-corrected chi connectivity index (χ2v) is 4.83. The van der Waals surface area contributed by atoms with E-state index < -0.39 is 12.6 Å². The molecule has 9 heteroatoms. The first-order valence-corrected chi connectivity index (χ1v) is 6.64. The fourth-order valence-corrected chi connectivity index (χ4v) is 2.17. The van der Waals surface area contributed by atoms with E-state index in [2.05, 4.69) is 15.5 Å². The zero-order valence-electron chi connectivity index (χ0n) is 9.83. The van der Waals surface area contributed by atoms with Crippen molar-refractivity contribution in [2.45, 2.75) is 17.8 Å². The maximum absolute atomic E-state index is 12.7. The summed E-state index contributed by atoms with van der Waals surface area (Å²) >= 11 is 6.93. The van der Waals surface area contributed by atoms with Gasteiger partial charge in [-0.15, -0.1) is 5.10 Å². The van der Waals surface area contributed by atoms with Gasteiger partial charge in [0.1, 0.15) is 0 Å². The third-order valence-corrected chi connectivity index (χ3v) is 3.28. The summed E-state index contributed by atoms with van der Waals surface area (Å²) in [6.07, 6.45) is -4.61. The first-order valence-electron chi connectivity index (χ1n) is 5.38. The van der Waals surface area contributed by atoms with Crippen molar-refractivity contribution >= 4 is 23.4 Å². The Hall–Kier alpha value is -1.54. The van der Waals surface area contributed by atoms with E-state index in [1.165, 1.54) is 10.1 Å². The van der Waals surface area contributed by atoms with E-state index in [4.69, 9.17) is 11.6 Å². The minimum absolute atomic E-state index is 0.288. The van der Waals surface area contributed by atoms with Gasteiger partial charge in [0, 0.05) is 0 Å². The van der Waals surface area contributed by atoms with Crippen LogP contribution in [0.15, 0.2) is 40.9 Å². The fourth-order valence-electron chi connectivity index (χ4n) is 1.29. The number of hydrogen-bond donors (Lipinski definition) is 0. The molecule has 20 heavy (non-hydrogen) atoms. The molecule has 2 aromatic rings. The van der Waals surface area contributed by atoms with Crippen LogP contribution in [-0.2, 0) is 0 Å². The van der Waals surface area contributed by atoms with Gasteiger partial charge in [0.25, 0.3) is 6.43 Å². The second kappa shape index (κ2) is 6.76. The lowest BCUT2D eigenvalue weighted by Gasteiger charge is -2.04. The first-order chi connectivity index (χ1) is 9.59. The van der Waals surface area contributed by atoms with Crippen LogP contribution in [0, 0.1) is 0 Å². The molecule has 1 aromatic heterocycles. The average Bonchev–Trinajstić information content (AvgIpc) is 2.87. The van der Waals surface area contributed by atoms with Crippen LogP contribution >= 0.6 is 23.4 Å². The average molecular weight is 321 g/mol. The van der Waals surface area contributed by atoms with Crippen molar-refractivity contribution in [3.63, 3.8) is 0 Å². The predicted molar refractivity (Wildman–Crippen MR) is 70.1 cm³/mol. The van der Waals surface area contributed by atoms with Gasteiger partial charge in [0.15, 0.2) is 6.17 Å². The molecule has 1 atom stereocenters. The van der Waals surface area contributed by atoms with E-state index in [1.54, 1.807) is 24.3 Å². The van der Waals surface area contributed by atoms with Gasteiger partial charge in [-0.05, 0) is 34.0 Å². The van der Waals surface area contributed by atoms with E-state index in [9.17, 15) is 13.2 Å². The standard InChI is InChI=1S/C11H8ClF3N4S/c12-7-3-1-2-4-9(7)19-11(16-17-18-19)20-6-5-8(13)10(14)15/h1-6,8,10H/b6-5+. The highest BCUT2D eigenvalue weighted by atomic mass is 35.5. The van der Waals surface area contributed by atoms with Crippen LogP contribution in [0.4, 0.5) is 13.2 Å². The van der Waals surface area contributed by atoms with E-state index in [0.717, 1.165) is 17.8 Å². The Morgan fingerprint density at radius 2 is 2.00 bits per heavy atom. The summed E-state index contributed by atoms with van der Waals surface area (Å²) in [5, 5.41) is 12.9. The van der Waals surface area contributed by atoms with E-state index in [-0.39, 0.29) is 5.16 Å². The maximum Gasteiger partial charge on any atom is 0.272 e. The maximum atomic E-state index is 12.7. The number of tetrazole rings is 1. The number of para-hydroxylation sites is 1. The van der Waals surface area contributed by atoms with Crippen LogP contribution in [0.5, 0.6) is 0 Å². The summed E-state index contributed by atoms with van der Waals surface area (Å²) < 4.78 is 38.0. The van der Waals surface area contributed by atoms with E-state index >= 15 is 0 Å². The molecule has 0 fully saturated rings. The molecule has 2 rings (SSSR count). The Bertz CT molecular complexity index is 605. The smallest absolute Gasteiger partial charge is 0.237 e. The zero-order chi connectivity index (χ0) is 14.5. The molecule has 0 saturated carbocycles. The van der Waals surface area contributed by atoms with Crippen LogP contribution in [0.1, 0.15) is 0 Å². The van der Waals surface area contributed by atoms with Crippen molar-refractivity contribution in [3.8, 4) is 5.69 Å². The van der Waals surface area contributed by atoms with Crippen molar-refractivity contribution < 1.29 is 13.2 Å². The van der Waals surface area contributed by atoms with Crippen LogP contribution in [-0.4, -0.2) is 32.8 Å². The Morgan fingerprint density at radius 1 is 1.25 bits per heavy atom. The Morgan fingerprint density at radius 3 is 2.70 bits per heavy atom. The highest BCUT2D eigenvalue weighted by Gasteiger charge is 2.15. The van der Waals surface area contributed by atoms with Gasteiger partial charge in [-0.1, -0.05) is 35.5 Å². The van der Waals surface area contributed by atoms with Gasteiger partial charge < -0.3 is 0 Å². The Kier molecular flexibility index (Phi) is 5.02. The predicted octanol–water partition coefficient (Wildman–Crippen LogP) is 3.52. The zero-order valence-corrected chi connectivity index (χ0v) is 11.4. The Balaban J connectivity index is 2.16. The fraction of sp³-hybridized carbons (Fsp3) is 0.182. The minimum atomic E-state index is -3.05. The lowest BCUT2D eigenvalue weighted by molar-refractivity contribution is 0.0751. The largest absolute Gasteiger partial charge is 0.272 e. The number of rotatable bonds is 5. The van der Waals surface area contributed by atoms with Gasteiger partial charge in [-0.25, -0.2) is 13.2 Å². The summed E-state index contributed by atoms with van der Waals surface area (Å²) in [5.41, 5.74) is 0.542. The summed E-state index contributed by atoms with van der Waals surface area (Å²) in [6, 6.07) is 6.86. The van der Waals surface area contributed by atoms with E-state index in [0.29, 0.717) is 10.7 Å². The van der Waals surface area contributed by atoms with Crippen LogP contribution < -0.4 is 0 Å². The molecule has 0 aliphatic rings. The van der Waals surface area contributed by atoms with Crippen LogP contribution in [0.2, 0.25) is 5.02 Å². The number of nitrogens with zero attached hydrogens (tertiary/aromatic N) is 4. The molecule has 4 nitrogen and oxygen atoms in total. The number of aromatic nitrogens is 4. The molecule has 0 saturated heterocycles. The minimum Gasteiger partial charge on any atom is -0.237 e. The molecule has 0 aliphatic heterocycles. The summed E-state index contributed by atoms with van der Waals surface area (Å²) in [4.78, 5) is 0.